The predicted octanol–water partition coefficient (Wildman–Crippen LogP) is 1.63. The van der Waals surface area contributed by atoms with Crippen molar-refractivity contribution in [3.63, 3.8) is 0 Å². The molecule has 0 spiro atoms. The number of aliphatic hydroxyl groups excluding tert-OH is 1. The van der Waals surface area contributed by atoms with Crippen LogP contribution in [0.25, 0.3) is 0 Å². The zero-order valence-corrected chi connectivity index (χ0v) is 11.6. The van der Waals surface area contributed by atoms with E-state index in [1.165, 1.54) is 11.0 Å². The van der Waals surface area contributed by atoms with Crippen LogP contribution in [-0.4, -0.2) is 41.0 Å². The van der Waals surface area contributed by atoms with Gasteiger partial charge in [0.15, 0.2) is 0 Å². The highest BCUT2D eigenvalue weighted by Crippen LogP contribution is 2.30. The van der Waals surface area contributed by atoms with Crippen LogP contribution >= 0.6 is 0 Å². The van der Waals surface area contributed by atoms with Crippen molar-refractivity contribution in [2.24, 2.45) is 0 Å². The van der Waals surface area contributed by atoms with Crippen molar-refractivity contribution >= 4 is 17.5 Å². The van der Waals surface area contributed by atoms with Crippen molar-refractivity contribution in [2.45, 2.75) is 25.1 Å². The summed E-state index contributed by atoms with van der Waals surface area (Å²) in [6.45, 7) is 0.492. The number of carbonyl (C=O) groups is 2. The minimum Gasteiger partial charge on any atom is -0.393 e. The van der Waals surface area contributed by atoms with Gasteiger partial charge >= 0.3 is 18.0 Å². The molecule has 2 N–H and O–H groups in total. The van der Waals surface area contributed by atoms with E-state index in [9.17, 15) is 27.9 Å². The van der Waals surface area contributed by atoms with E-state index in [1.807, 2.05) is 0 Å². The van der Waals surface area contributed by atoms with Crippen LogP contribution < -0.4 is 5.32 Å². The minimum absolute atomic E-state index is 0.0924. The van der Waals surface area contributed by atoms with Gasteiger partial charge in [-0.2, -0.15) is 13.2 Å². The van der Waals surface area contributed by atoms with Crippen LogP contribution in [0.4, 0.5) is 18.9 Å². The number of rotatable bonds is 1. The molecule has 2 amide bonds. The molecule has 1 aliphatic rings. The Kier molecular flexibility index (Phi) is 4.70. The maximum atomic E-state index is 12.6. The second-order valence-electron chi connectivity index (χ2n) is 5.06. The first kappa shape index (κ1) is 16.3. The molecule has 2 rings (SSSR count). The molecule has 0 saturated carbocycles. The Morgan fingerprint density at radius 1 is 1.23 bits per heavy atom. The number of nitrogens with zero attached hydrogens (tertiary/aromatic N) is 1. The van der Waals surface area contributed by atoms with E-state index in [1.54, 1.807) is 0 Å². The normalized spacial score (nSPS) is 16.5. The van der Waals surface area contributed by atoms with Crippen LogP contribution in [0.1, 0.15) is 18.4 Å². The lowest BCUT2D eigenvalue weighted by Crippen LogP contribution is -2.45. The molecule has 22 heavy (non-hydrogen) atoms. The summed E-state index contributed by atoms with van der Waals surface area (Å²) in [6.07, 6.45) is -4.26. The summed E-state index contributed by atoms with van der Waals surface area (Å²) in [5, 5.41) is 11.5. The third kappa shape index (κ3) is 3.97. The highest BCUT2D eigenvalue weighted by atomic mass is 19.4. The molecule has 0 unspecified atom stereocenters. The number of likely N-dealkylation sites (tertiary alicyclic amines) is 1. The number of hydrogen-bond donors (Lipinski definition) is 2. The maximum Gasteiger partial charge on any atom is 0.416 e. The quantitative estimate of drug-likeness (QED) is 0.774. The number of nitrogens with one attached hydrogen (secondary N) is 1. The third-order valence-corrected chi connectivity index (χ3v) is 3.39. The largest absolute Gasteiger partial charge is 0.416 e. The van der Waals surface area contributed by atoms with Gasteiger partial charge in [0.2, 0.25) is 0 Å². The number of amides is 2. The first-order valence-electron chi connectivity index (χ1n) is 6.73. The Hall–Kier alpha value is -2.09. The summed E-state index contributed by atoms with van der Waals surface area (Å²) < 4.78 is 37.7. The molecule has 0 atom stereocenters. The van der Waals surface area contributed by atoms with E-state index in [2.05, 4.69) is 5.32 Å². The molecule has 1 saturated heterocycles. The van der Waals surface area contributed by atoms with Crippen LogP contribution in [0.15, 0.2) is 24.3 Å². The minimum atomic E-state index is -4.52. The average molecular weight is 316 g/mol. The van der Waals surface area contributed by atoms with Gasteiger partial charge in [-0.25, -0.2) is 0 Å². The number of anilines is 1. The molecule has 1 fully saturated rings. The van der Waals surface area contributed by atoms with Crippen molar-refractivity contribution in [3.8, 4) is 0 Å². The van der Waals surface area contributed by atoms with E-state index in [4.69, 9.17) is 0 Å². The average Bonchev–Trinajstić information content (AvgIpc) is 2.46. The van der Waals surface area contributed by atoms with Gasteiger partial charge in [0.25, 0.3) is 0 Å². The van der Waals surface area contributed by atoms with E-state index in [-0.39, 0.29) is 18.8 Å². The second kappa shape index (κ2) is 6.35. The van der Waals surface area contributed by atoms with E-state index >= 15 is 0 Å². The SMILES string of the molecule is O=C(Nc1cccc(C(F)(F)F)c1)C(=O)N1CCC(O)CC1. The van der Waals surface area contributed by atoms with E-state index < -0.39 is 29.7 Å². The number of halogens is 3. The van der Waals surface area contributed by atoms with Crippen molar-refractivity contribution in [1.29, 1.82) is 0 Å². The van der Waals surface area contributed by atoms with Crippen LogP contribution in [0.3, 0.4) is 0 Å². The summed E-state index contributed by atoms with van der Waals surface area (Å²) in [6, 6.07) is 4.08. The summed E-state index contributed by atoms with van der Waals surface area (Å²) in [5.74, 6) is -1.81. The molecule has 1 heterocycles. The lowest BCUT2D eigenvalue weighted by molar-refractivity contribution is -0.144. The van der Waals surface area contributed by atoms with Crippen molar-refractivity contribution in [1.82, 2.24) is 4.90 Å². The smallest absolute Gasteiger partial charge is 0.393 e. The van der Waals surface area contributed by atoms with Crippen LogP contribution in [0.2, 0.25) is 0 Å². The summed E-state index contributed by atoms with van der Waals surface area (Å²) in [5.41, 5.74) is -0.996. The van der Waals surface area contributed by atoms with Gasteiger partial charge in [-0.05, 0) is 31.0 Å². The molecule has 8 heteroatoms. The van der Waals surface area contributed by atoms with Gasteiger partial charge < -0.3 is 15.3 Å². The van der Waals surface area contributed by atoms with Crippen molar-refractivity contribution < 1.29 is 27.9 Å². The fourth-order valence-corrected chi connectivity index (χ4v) is 2.17. The number of piperidine rings is 1. The number of carbonyl (C=O) groups excluding carboxylic acids is 2. The zero-order valence-electron chi connectivity index (χ0n) is 11.6. The zero-order chi connectivity index (χ0) is 16.3. The Balaban J connectivity index is 2.01. The molecule has 1 aromatic carbocycles. The molecule has 0 bridgehead atoms. The number of hydrogen-bond acceptors (Lipinski definition) is 3. The molecule has 1 aromatic rings. The molecule has 0 aliphatic carbocycles. The lowest BCUT2D eigenvalue weighted by atomic mass is 10.1. The standard InChI is InChI=1S/C14H15F3N2O3/c15-14(16,17)9-2-1-3-10(8-9)18-12(21)13(22)19-6-4-11(20)5-7-19/h1-3,8,11,20H,4-7H2,(H,18,21). The Morgan fingerprint density at radius 3 is 2.45 bits per heavy atom. The molecular weight excluding hydrogens is 301 g/mol. The predicted molar refractivity (Wildman–Crippen MR) is 71.9 cm³/mol. The number of benzene rings is 1. The van der Waals surface area contributed by atoms with Gasteiger partial charge in [0.05, 0.1) is 11.7 Å². The summed E-state index contributed by atoms with van der Waals surface area (Å²) in [4.78, 5) is 25.0. The summed E-state index contributed by atoms with van der Waals surface area (Å²) in [7, 11) is 0. The number of alkyl halides is 3. The van der Waals surface area contributed by atoms with E-state index in [0.29, 0.717) is 12.8 Å². The van der Waals surface area contributed by atoms with E-state index in [0.717, 1.165) is 18.2 Å². The van der Waals surface area contributed by atoms with Gasteiger partial charge in [-0.3, -0.25) is 9.59 Å². The molecule has 0 radical (unpaired) electrons. The molecule has 1 aliphatic heterocycles. The van der Waals surface area contributed by atoms with Crippen molar-refractivity contribution in [3.05, 3.63) is 29.8 Å². The number of aliphatic hydroxyl groups is 1. The van der Waals surface area contributed by atoms with Gasteiger partial charge in [-0.15, -0.1) is 0 Å². The fraction of sp³-hybridized carbons (Fsp3) is 0.429. The highest BCUT2D eigenvalue weighted by molar-refractivity contribution is 6.39. The Bertz CT molecular complexity index is 567. The summed E-state index contributed by atoms with van der Waals surface area (Å²) >= 11 is 0. The monoisotopic (exact) mass is 316 g/mol. The first-order chi connectivity index (χ1) is 10.3. The fourth-order valence-electron chi connectivity index (χ4n) is 2.17. The van der Waals surface area contributed by atoms with Crippen LogP contribution in [-0.2, 0) is 15.8 Å². The molecule has 5 nitrogen and oxygen atoms in total. The second-order valence-corrected chi connectivity index (χ2v) is 5.06. The van der Waals surface area contributed by atoms with Crippen LogP contribution in [0, 0.1) is 0 Å². The third-order valence-electron chi connectivity index (χ3n) is 3.39. The highest BCUT2D eigenvalue weighted by Gasteiger charge is 2.31. The maximum absolute atomic E-state index is 12.6. The topological polar surface area (TPSA) is 69.6 Å². The Morgan fingerprint density at radius 2 is 1.86 bits per heavy atom. The van der Waals surface area contributed by atoms with Gasteiger partial charge in [0.1, 0.15) is 0 Å². The Labute approximate surface area is 124 Å². The van der Waals surface area contributed by atoms with Gasteiger partial charge in [0, 0.05) is 18.8 Å². The molecular formula is C14H15F3N2O3. The molecule has 0 aromatic heterocycles. The van der Waals surface area contributed by atoms with Crippen molar-refractivity contribution in [2.75, 3.05) is 18.4 Å². The lowest BCUT2D eigenvalue weighted by Gasteiger charge is -2.28. The van der Waals surface area contributed by atoms with Crippen LogP contribution in [0.5, 0.6) is 0 Å². The van der Waals surface area contributed by atoms with Gasteiger partial charge in [-0.1, -0.05) is 6.07 Å². The first-order valence-corrected chi connectivity index (χ1v) is 6.73. The molecule has 120 valence electrons.